The lowest BCUT2D eigenvalue weighted by atomic mass is 10.2. The number of nitrogens with one attached hydrogen (secondary N) is 1. The van der Waals surface area contributed by atoms with Gasteiger partial charge in [-0.1, -0.05) is 20.3 Å². The summed E-state index contributed by atoms with van der Waals surface area (Å²) >= 11 is 0. The molecule has 0 unspecified atom stereocenters. The molecule has 1 aromatic heterocycles. The summed E-state index contributed by atoms with van der Waals surface area (Å²) in [5, 5.41) is 11.7. The highest BCUT2D eigenvalue weighted by Crippen LogP contribution is 2.17. The normalized spacial score (nSPS) is 15.1. The van der Waals surface area contributed by atoms with E-state index >= 15 is 0 Å². The van der Waals surface area contributed by atoms with Crippen LogP contribution >= 0.6 is 0 Å². The second-order valence-electron chi connectivity index (χ2n) is 7.23. The van der Waals surface area contributed by atoms with E-state index < -0.39 is 0 Å². The number of guanidine groups is 1. The predicted molar refractivity (Wildman–Crippen MR) is 115 cm³/mol. The maximum absolute atomic E-state index is 13.2. The number of aromatic nitrogens is 3. The third kappa shape index (κ3) is 5.92. The molecule has 0 spiro atoms. The summed E-state index contributed by atoms with van der Waals surface area (Å²) in [4.78, 5) is 9.45. The molecule has 0 aliphatic carbocycles. The molecule has 0 bridgehead atoms. The maximum Gasteiger partial charge on any atom is 0.194 e. The first-order valence-corrected chi connectivity index (χ1v) is 10.6. The number of anilines is 1. The Hall–Kier alpha value is -2.64. The molecule has 0 amide bonds. The molecule has 158 valence electrons. The molecule has 2 aromatic rings. The van der Waals surface area contributed by atoms with E-state index in [9.17, 15) is 4.39 Å². The van der Waals surface area contributed by atoms with Crippen LogP contribution in [0, 0.1) is 5.82 Å². The van der Waals surface area contributed by atoms with E-state index in [1.165, 1.54) is 12.1 Å². The monoisotopic (exact) mass is 401 g/mol. The van der Waals surface area contributed by atoms with Gasteiger partial charge in [-0.3, -0.25) is 4.99 Å². The van der Waals surface area contributed by atoms with Crippen LogP contribution in [0.3, 0.4) is 0 Å². The summed E-state index contributed by atoms with van der Waals surface area (Å²) in [6, 6.07) is 6.75. The molecule has 0 radical (unpaired) electrons. The van der Waals surface area contributed by atoms with Crippen molar-refractivity contribution >= 4 is 11.6 Å². The lowest BCUT2D eigenvalue weighted by molar-refractivity contribution is 0.370. The van der Waals surface area contributed by atoms with Gasteiger partial charge in [-0.15, -0.1) is 10.2 Å². The van der Waals surface area contributed by atoms with Gasteiger partial charge in [0.05, 0.1) is 0 Å². The average Bonchev–Trinajstić information content (AvgIpc) is 3.21. The number of aliphatic imine (C=N–C) groups is 1. The van der Waals surface area contributed by atoms with Crippen molar-refractivity contribution in [3.63, 3.8) is 0 Å². The van der Waals surface area contributed by atoms with Gasteiger partial charge in [-0.2, -0.15) is 0 Å². The predicted octanol–water partition coefficient (Wildman–Crippen LogP) is 2.55. The van der Waals surface area contributed by atoms with Gasteiger partial charge in [0.1, 0.15) is 18.0 Å². The van der Waals surface area contributed by atoms with Gasteiger partial charge in [0.15, 0.2) is 5.96 Å². The smallest absolute Gasteiger partial charge is 0.194 e. The molecule has 7 nitrogen and oxygen atoms in total. The minimum absolute atomic E-state index is 0.193. The molecule has 1 aliphatic heterocycles. The fraction of sp³-hybridized carbons (Fsp3) is 0.571. The van der Waals surface area contributed by atoms with Crippen molar-refractivity contribution < 1.29 is 4.39 Å². The van der Waals surface area contributed by atoms with Crippen molar-refractivity contribution in [1.29, 1.82) is 0 Å². The quantitative estimate of drug-likeness (QED) is 0.418. The number of nitrogens with zero attached hydrogens (tertiary/aromatic N) is 6. The molecular formula is C21H32FN7. The van der Waals surface area contributed by atoms with Crippen LogP contribution in [0.15, 0.2) is 35.6 Å². The number of piperazine rings is 1. The first-order valence-electron chi connectivity index (χ1n) is 10.6. The summed E-state index contributed by atoms with van der Waals surface area (Å²) in [5.41, 5.74) is 1.07. The Balaban J connectivity index is 1.55. The second kappa shape index (κ2) is 10.8. The average molecular weight is 402 g/mol. The van der Waals surface area contributed by atoms with E-state index in [2.05, 4.69) is 43.7 Å². The summed E-state index contributed by atoms with van der Waals surface area (Å²) in [5.74, 6) is 1.79. The SMILES string of the molecule is CCCCN=C(NCCn1cnnc1CC)N1CCN(c2ccc(F)cc2)CC1. The number of unbranched alkanes of at least 4 members (excludes halogenated alkanes) is 1. The molecule has 1 fully saturated rings. The van der Waals surface area contributed by atoms with E-state index in [0.717, 1.165) is 82.5 Å². The summed E-state index contributed by atoms with van der Waals surface area (Å²) in [7, 11) is 0. The molecule has 1 aromatic carbocycles. The minimum Gasteiger partial charge on any atom is -0.368 e. The standard InChI is InChI=1S/C21H32FN7/c1-3-5-10-23-21(24-11-12-29-17-25-26-20(29)4-2)28-15-13-27(14-16-28)19-8-6-18(22)7-9-19/h6-9,17H,3-5,10-16H2,1-2H3,(H,23,24). The van der Waals surface area contributed by atoms with E-state index in [0.29, 0.717) is 0 Å². The van der Waals surface area contributed by atoms with Crippen LogP contribution in [-0.2, 0) is 13.0 Å². The van der Waals surface area contributed by atoms with Crippen LogP contribution in [0.25, 0.3) is 0 Å². The first kappa shape index (κ1) is 21.1. The van der Waals surface area contributed by atoms with Gasteiger partial charge >= 0.3 is 0 Å². The third-order valence-corrected chi connectivity index (χ3v) is 5.19. The van der Waals surface area contributed by atoms with Crippen molar-refractivity contribution in [1.82, 2.24) is 25.0 Å². The highest BCUT2D eigenvalue weighted by atomic mass is 19.1. The Kier molecular flexibility index (Phi) is 7.84. The maximum atomic E-state index is 13.2. The summed E-state index contributed by atoms with van der Waals surface area (Å²) in [6.07, 6.45) is 4.89. The largest absolute Gasteiger partial charge is 0.368 e. The highest BCUT2D eigenvalue weighted by Gasteiger charge is 2.20. The number of aryl methyl sites for hydroxylation is 1. The third-order valence-electron chi connectivity index (χ3n) is 5.19. The summed E-state index contributed by atoms with van der Waals surface area (Å²) < 4.78 is 15.3. The van der Waals surface area contributed by atoms with Gasteiger partial charge in [0.2, 0.25) is 0 Å². The van der Waals surface area contributed by atoms with E-state index in [1.54, 1.807) is 6.33 Å². The van der Waals surface area contributed by atoms with Crippen molar-refractivity contribution in [3.8, 4) is 0 Å². The van der Waals surface area contributed by atoms with Gasteiger partial charge < -0.3 is 19.7 Å². The van der Waals surface area contributed by atoms with Gasteiger partial charge in [-0.05, 0) is 30.7 Å². The van der Waals surface area contributed by atoms with Crippen LogP contribution in [0.5, 0.6) is 0 Å². The fourth-order valence-corrected chi connectivity index (χ4v) is 3.47. The van der Waals surface area contributed by atoms with Crippen LogP contribution in [0.1, 0.15) is 32.5 Å². The van der Waals surface area contributed by atoms with Crippen molar-refractivity contribution in [2.45, 2.75) is 39.7 Å². The van der Waals surface area contributed by atoms with Crippen molar-refractivity contribution in [3.05, 3.63) is 42.2 Å². The molecule has 2 heterocycles. The Labute approximate surface area is 172 Å². The van der Waals surface area contributed by atoms with Gasteiger partial charge in [0, 0.05) is 57.9 Å². The van der Waals surface area contributed by atoms with Gasteiger partial charge in [0.25, 0.3) is 0 Å². The second-order valence-corrected chi connectivity index (χ2v) is 7.23. The number of hydrogen-bond donors (Lipinski definition) is 1. The zero-order valence-electron chi connectivity index (χ0n) is 17.5. The Morgan fingerprint density at radius 3 is 2.59 bits per heavy atom. The lowest BCUT2D eigenvalue weighted by Gasteiger charge is -2.37. The molecule has 0 atom stereocenters. The van der Waals surface area contributed by atoms with Crippen LogP contribution in [-0.4, -0.2) is 64.9 Å². The summed E-state index contributed by atoms with van der Waals surface area (Å²) in [6.45, 7) is 10.3. The molecule has 0 saturated carbocycles. The lowest BCUT2D eigenvalue weighted by Crippen LogP contribution is -2.53. The molecule has 3 rings (SSSR count). The first-order chi connectivity index (χ1) is 14.2. The molecule has 8 heteroatoms. The molecular weight excluding hydrogens is 369 g/mol. The van der Waals surface area contributed by atoms with E-state index in [4.69, 9.17) is 4.99 Å². The number of rotatable bonds is 8. The minimum atomic E-state index is -0.193. The van der Waals surface area contributed by atoms with E-state index in [-0.39, 0.29) is 5.82 Å². The van der Waals surface area contributed by atoms with Crippen LogP contribution in [0.4, 0.5) is 10.1 Å². The topological polar surface area (TPSA) is 61.6 Å². The molecule has 29 heavy (non-hydrogen) atoms. The zero-order valence-corrected chi connectivity index (χ0v) is 17.5. The number of hydrogen-bond acceptors (Lipinski definition) is 4. The van der Waals surface area contributed by atoms with Crippen molar-refractivity contribution in [2.24, 2.45) is 4.99 Å². The fourth-order valence-electron chi connectivity index (χ4n) is 3.47. The highest BCUT2D eigenvalue weighted by molar-refractivity contribution is 5.80. The Morgan fingerprint density at radius 1 is 1.14 bits per heavy atom. The molecule has 1 saturated heterocycles. The Bertz CT molecular complexity index is 764. The molecule has 1 N–H and O–H groups in total. The molecule has 1 aliphatic rings. The Morgan fingerprint density at radius 2 is 1.90 bits per heavy atom. The number of halogens is 1. The van der Waals surface area contributed by atoms with Crippen LogP contribution < -0.4 is 10.2 Å². The zero-order chi connectivity index (χ0) is 20.5. The number of benzene rings is 1. The van der Waals surface area contributed by atoms with Crippen molar-refractivity contribution in [2.75, 3.05) is 44.2 Å². The van der Waals surface area contributed by atoms with Crippen LogP contribution in [0.2, 0.25) is 0 Å². The van der Waals surface area contributed by atoms with E-state index in [1.807, 2.05) is 12.1 Å². The van der Waals surface area contributed by atoms with Gasteiger partial charge in [-0.25, -0.2) is 4.39 Å².